The summed E-state index contributed by atoms with van der Waals surface area (Å²) in [5, 5.41) is 0. The lowest BCUT2D eigenvalue weighted by atomic mass is 9.86. The van der Waals surface area contributed by atoms with Crippen molar-refractivity contribution in [1.82, 2.24) is 4.72 Å². The van der Waals surface area contributed by atoms with E-state index in [-0.39, 0.29) is 22.1 Å². The molecule has 21 heavy (non-hydrogen) atoms. The van der Waals surface area contributed by atoms with E-state index in [1.807, 2.05) is 0 Å². The highest BCUT2D eigenvalue weighted by atomic mass is 32.2. The van der Waals surface area contributed by atoms with E-state index in [9.17, 15) is 17.6 Å². The number of nitrogens with one attached hydrogen (secondary N) is 1. The van der Waals surface area contributed by atoms with E-state index in [4.69, 9.17) is 0 Å². The van der Waals surface area contributed by atoms with E-state index in [1.165, 1.54) is 6.92 Å². The number of halogens is 1. The molecule has 1 rings (SSSR count). The fraction of sp³-hybridized carbons (Fsp3) is 0.533. The van der Waals surface area contributed by atoms with Crippen LogP contribution in [0.3, 0.4) is 0 Å². The molecule has 118 valence electrons. The second kappa shape index (κ2) is 5.85. The Bertz CT molecular complexity index is 658. The number of benzene rings is 1. The number of rotatable bonds is 4. The summed E-state index contributed by atoms with van der Waals surface area (Å²) >= 11 is 0. The van der Waals surface area contributed by atoms with Crippen LogP contribution in [0.1, 0.15) is 50.5 Å². The molecule has 1 aromatic rings. The third-order valence-electron chi connectivity index (χ3n) is 2.87. The predicted octanol–water partition coefficient (Wildman–Crippen LogP) is 3.05. The van der Waals surface area contributed by atoms with Crippen molar-refractivity contribution < 1.29 is 17.6 Å². The van der Waals surface area contributed by atoms with Gasteiger partial charge in [-0.3, -0.25) is 4.79 Å². The van der Waals surface area contributed by atoms with Crippen LogP contribution in [0, 0.1) is 18.2 Å². The Balaban J connectivity index is 3.48. The Hall–Kier alpha value is -1.27. The van der Waals surface area contributed by atoms with Crippen molar-refractivity contribution >= 4 is 15.8 Å². The first kappa shape index (κ1) is 17.8. The van der Waals surface area contributed by atoms with Gasteiger partial charge < -0.3 is 0 Å². The van der Waals surface area contributed by atoms with Gasteiger partial charge in [-0.15, -0.1) is 0 Å². The maximum atomic E-state index is 14.0. The number of sulfonamides is 1. The summed E-state index contributed by atoms with van der Waals surface area (Å²) in [5.74, 6) is -1.13. The highest BCUT2D eigenvalue weighted by Gasteiger charge is 2.28. The van der Waals surface area contributed by atoms with Gasteiger partial charge >= 0.3 is 0 Å². The third kappa shape index (κ3) is 4.11. The van der Waals surface area contributed by atoms with Gasteiger partial charge in [0, 0.05) is 11.5 Å². The van der Waals surface area contributed by atoms with Crippen LogP contribution in [0.25, 0.3) is 0 Å². The number of aryl methyl sites for hydroxylation is 1. The van der Waals surface area contributed by atoms with Gasteiger partial charge in [0.1, 0.15) is 5.82 Å². The van der Waals surface area contributed by atoms with Crippen molar-refractivity contribution in [2.75, 3.05) is 0 Å². The van der Waals surface area contributed by atoms with Crippen molar-refractivity contribution in [2.24, 2.45) is 5.41 Å². The van der Waals surface area contributed by atoms with Crippen molar-refractivity contribution in [3.63, 3.8) is 0 Å². The predicted molar refractivity (Wildman–Crippen MR) is 80.4 cm³/mol. The second-order valence-electron chi connectivity index (χ2n) is 6.45. The molecule has 0 heterocycles. The van der Waals surface area contributed by atoms with Crippen molar-refractivity contribution in [1.29, 1.82) is 0 Å². The van der Waals surface area contributed by atoms with Crippen LogP contribution >= 0.6 is 0 Å². The molecule has 0 amide bonds. The summed E-state index contributed by atoms with van der Waals surface area (Å²) in [7, 11) is -3.78. The van der Waals surface area contributed by atoms with Gasteiger partial charge in [0.05, 0.1) is 10.5 Å². The molecule has 0 unspecified atom stereocenters. The van der Waals surface area contributed by atoms with Crippen molar-refractivity contribution in [3.8, 4) is 0 Å². The minimum atomic E-state index is -3.78. The second-order valence-corrected chi connectivity index (χ2v) is 8.14. The molecule has 0 fully saturated rings. The highest BCUT2D eigenvalue weighted by Crippen LogP contribution is 2.26. The van der Waals surface area contributed by atoms with Crippen molar-refractivity contribution in [2.45, 2.75) is 52.5 Å². The van der Waals surface area contributed by atoms with Gasteiger partial charge in [-0.25, -0.2) is 17.5 Å². The SMILES string of the molecule is Cc1cc(F)c(C(=O)C(C)(C)C)cc1S(=O)(=O)NC(C)C. The topological polar surface area (TPSA) is 63.2 Å². The lowest BCUT2D eigenvalue weighted by Gasteiger charge is -2.19. The molecule has 6 heteroatoms. The summed E-state index contributed by atoms with van der Waals surface area (Å²) in [6.45, 7) is 9.87. The first-order valence-electron chi connectivity index (χ1n) is 6.73. The Morgan fingerprint density at radius 2 is 1.76 bits per heavy atom. The molecule has 1 aromatic carbocycles. The molecule has 0 atom stereocenters. The van der Waals surface area contributed by atoms with Crippen LogP contribution in [0.4, 0.5) is 4.39 Å². The quantitative estimate of drug-likeness (QED) is 0.869. The maximum absolute atomic E-state index is 14.0. The fourth-order valence-corrected chi connectivity index (χ4v) is 3.40. The fourth-order valence-electron chi connectivity index (χ4n) is 1.89. The first-order chi connectivity index (χ1) is 9.36. The number of ketones is 1. The zero-order valence-corrected chi connectivity index (χ0v) is 14.1. The van der Waals surface area contributed by atoms with E-state index in [2.05, 4.69) is 4.72 Å². The summed E-state index contributed by atoms with van der Waals surface area (Å²) in [6.07, 6.45) is 0. The van der Waals surface area contributed by atoms with Crippen LogP contribution in [-0.2, 0) is 10.0 Å². The molecule has 0 aliphatic heterocycles. The molecule has 0 spiro atoms. The van der Waals surface area contributed by atoms with Crippen LogP contribution in [0.15, 0.2) is 17.0 Å². The molecule has 0 aromatic heterocycles. The van der Waals surface area contributed by atoms with Crippen molar-refractivity contribution in [3.05, 3.63) is 29.1 Å². The number of Topliss-reactive ketones (excluding diaryl/α,β-unsaturated/α-hetero) is 1. The molecule has 0 saturated heterocycles. The molecule has 0 saturated carbocycles. The van der Waals surface area contributed by atoms with Gasteiger partial charge in [-0.2, -0.15) is 0 Å². The Morgan fingerprint density at radius 1 is 1.24 bits per heavy atom. The van der Waals surface area contributed by atoms with E-state index in [0.717, 1.165) is 12.1 Å². The Morgan fingerprint density at radius 3 is 2.19 bits per heavy atom. The summed E-state index contributed by atoms with van der Waals surface area (Å²) in [4.78, 5) is 12.2. The van der Waals surface area contributed by atoms with E-state index < -0.39 is 27.0 Å². The smallest absolute Gasteiger partial charge is 0.241 e. The van der Waals surface area contributed by atoms with Gasteiger partial charge in [-0.1, -0.05) is 20.8 Å². The number of carbonyl (C=O) groups excluding carboxylic acids is 1. The Kier molecular flexibility index (Phi) is 4.95. The number of carbonyl (C=O) groups is 1. The lowest BCUT2D eigenvalue weighted by molar-refractivity contribution is 0.0853. The molecule has 0 aliphatic carbocycles. The van der Waals surface area contributed by atoms with Crippen LogP contribution < -0.4 is 4.72 Å². The van der Waals surface area contributed by atoms with Gasteiger partial charge in [0.25, 0.3) is 0 Å². The monoisotopic (exact) mass is 315 g/mol. The molecule has 0 aliphatic rings. The molecule has 0 bridgehead atoms. The number of hydrogen-bond acceptors (Lipinski definition) is 3. The standard InChI is InChI=1S/C15H22FNO3S/c1-9(2)17-21(19,20)13-8-11(12(16)7-10(13)3)14(18)15(4,5)6/h7-9,17H,1-6H3. The van der Waals surface area contributed by atoms with Gasteiger partial charge in [0.2, 0.25) is 10.0 Å². The lowest BCUT2D eigenvalue weighted by Crippen LogP contribution is -2.31. The summed E-state index contributed by atoms with van der Waals surface area (Å²) < 4.78 is 41.0. The third-order valence-corrected chi connectivity index (χ3v) is 4.67. The van der Waals surface area contributed by atoms with Crippen LogP contribution in [0.2, 0.25) is 0 Å². The van der Waals surface area contributed by atoms with Crippen LogP contribution in [0.5, 0.6) is 0 Å². The Labute approximate surface area is 125 Å². The van der Waals surface area contributed by atoms with Gasteiger partial charge in [-0.05, 0) is 38.5 Å². The largest absolute Gasteiger partial charge is 0.293 e. The number of hydrogen-bond donors (Lipinski definition) is 1. The van der Waals surface area contributed by atoms with E-state index in [1.54, 1.807) is 34.6 Å². The summed E-state index contributed by atoms with van der Waals surface area (Å²) in [6, 6.07) is 1.93. The zero-order chi connectivity index (χ0) is 16.6. The first-order valence-corrected chi connectivity index (χ1v) is 8.22. The molecular formula is C15H22FNO3S. The molecular weight excluding hydrogens is 293 g/mol. The molecule has 1 N–H and O–H groups in total. The average Bonchev–Trinajstić information content (AvgIpc) is 2.24. The zero-order valence-electron chi connectivity index (χ0n) is 13.2. The highest BCUT2D eigenvalue weighted by molar-refractivity contribution is 7.89. The van der Waals surface area contributed by atoms with Crippen LogP contribution in [-0.4, -0.2) is 20.2 Å². The normalized spacial score (nSPS) is 12.8. The average molecular weight is 315 g/mol. The van der Waals surface area contributed by atoms with E-state index >= 15 is 0 Å². The minimum Gasteiger partial charge on any atom is -0.293 e. The van der Waals surface area contributed by atoms with E-state index in [0.29, 0.717) is 0 Å². The molecule has 0 radical (unpaired) electrons. The molecule has 4 nitrogen and oxygen atoms in total. The maximum Gasteiger partial charge on any atom is 0.241 e. The van der Waals surface area contributed by atoms with Gasteiger partial charge in [0.15, 0.2) is 5.78 Å². The minimum absolute atomic E-state index is 0.0646. The summed E-state index contributed by atoms with van der Waals surface area (Å²) in [5.41, 5.74) is -0.717.